The van der Waals surface area contributed by atoms with E-state index in [9.17, 15) is 26.3 Å². The summed E-state index contributed by atoms with van der Waals surface area (Å²) in [4.78, 5) is 0. The molecule has 0 heterocycles. The number of hydrogen-bond acceptors (Lipinski definition) is 2. The van der Waals surface area contributed by atoms with Gasteiger partial charge in [0.05, 0.1) is 0 Å². The van der Waals surface area contributed by atoms with Crippen LogP contribution in [0.4, 0.5) is 26.3 Å². The van der Waals surface area contributed by atoms with Crippen LogP contribution >= 0.6 is 22.6 Å². The third-order valence-corrected chi connectivity index (χ3v) is 1.34. The highest BCUT2D eigenvalue weighted by Gasteiger charge is 2.61. The molecule has 0 spiro atoms. The van der Waals surface area contributed by atoms with Crippen molar-refractivity contribution in [3.05, 3.63) is 0 Å². The number of hydrogen-bond donors (Lipinski definition) is 0. The van der Waals surface area contributed by atoms with Gasteiger partial charge in [0.15, 0.2) is 6.07 Å². The largest absolute Gasteiger partial charge is 0.453 e. The smallest absolute Gasteiger partial charge is 0.237 e. The van der Waals surface area contributed by atoms with E-state index >= 15 is 0 Å². The Morgan fingerprint density at radius 3 is 1.69 bits per heavy atom. The highest BCUT2D eigenvalue weighted by atomic mass is 127. The summed E-state index contributed by atoms with van der Waals surface area (Å²) in [6.07, 6.45) is -10.3. The summed E-state index contributed by atoms with van der Waals surface area (Å²) in [6, 6.07) is -0.00271. The van der Waals surface area contributed by atoms with Crippen LogP contribution in [0.15, 0.2) is 0 Å². The van der Waals surface area contributed by atoms with Crippen LogP contribution in [0.2, 0.25) is 0 Å². The van der Waals surface area contributed by atoms with Crippen LogP contribution in [-0.4, -0.2) is 16.1 Å². The Labute approximate surface area is 81.6 Å². The van der Waals surface area contributed by atoms with Crippen LogP contribution < -0.4 is 0 Å². The van der Waals surface area contributed by atoms with Gasteiger partial charge in [-0.05, 0) is 0 Å². The molecule has 0 saturated carbocycles. The van der Waals surface area contributed by atoms with E-state index in [4.69, 9.17) is 5.26 Å². The molecule has 0 N–H and O–H groups in total. The average Bonchev–Trinajstić information content (AvgIpc) is 1.83. The first-order valence-corrected chi connectivity index (χ1v) is 3.53. The molecule has 0 aliphatic carbocycles. The van der Waals surface area contributed by atoms with Crippen molar-refractivity contribution in [2.24, 2.45) is 0 Å². The Hall–Kier alpha value is -0.240. The van der Waals surface area contributed by atoms with Crippen molar-refractivity contribution in [2.45, 2.75) is 16.1 Å². The topological polar surface area (TPSA) is 33.0 Å². The van der Waals surface area contributed by atoms with Crippen molar-refractivity contribution in [2.75, 3.05) is 0 Å². The van der Waals surface area contributed by atoms with E-state index in [0.717, 1.165) is 0 Å². The monoisotopic (exact) mass is 319 g/mol. The van der Waals surface area contributed by atoms with Crippen LogP contribution in [0, 0.1) is 11.3 Å². The first kappa shape index (κ1) is 12.8. The molecule has 0 aromatic rings. The molecule has 0 rings (SSSR count). The number of nitriles is 1. The number of halogens is 7. The summed E-state index contributed by atoms with van der Waals surface area (Å²) in [7, 11) is 0. The van der Waals surface area contributed by atoms with Gasteiger partial charge in [-0.2, -0.15) is 31.6 Å². The summed E-state index contributed by atoms with van der Waals surface area (Å²) in [5, 5.41) is 7.52. The predicted molar refractivity (Wildman–Crippen MR) is 35.6 cm³/mol. The molecule has 0 radical (unpaired) electrons. The summed E-state index contributed by atoms with van der Waals surface area (Å²) in [5.41, 5.74) is 0. The van der Waals surface area contributed by atoms with E-state index in [1.54, 1.807) is 0 Å². The fraction of sp³-hybridized carbons (Fsp3) is 0.750. The molecule has 0 amide bonds. The number of alkyl halides is 7. The second kappa shape index (κ2) is 3.49. The number of nitrogens with zero attached hydrogens (tertiary/aromatic N) is 1. The third kappa shape index (κ3) is 3.55. The fourth-order valence-corrected chi connectivity index (χ4v) is 0.352. The lowest BCUT2D eigenvalue weighted by Crippen LogP contribution is -2.43. The highest BCUT2D eigenvalue weighted by Crippen LogP contribution is 2.43. The summed E-state index contributed by atoms with van der Waals surface area (Å²) in [5.74, 6) is 0. The molecule has 0 fully saturated rings. The van der Waals surface area contributed by atoms with Gasteiger partial charge in [-0.25, -0.2) is 4.74 Å². The van der Waals surface area contributed by atoms with Crippen molar-refractivity contribution in [1.82, 2.24) is 0 Å². The zero-order valence-electron chi connectivity index (χ0n) is 5.50. The van der Waals surface area contributed by atoms with Crippen LogP contribution in [0.5, 0.6) is 0 Å². The molecule has 13 heavy (non-hydrogen) atoms. The molecule has 2 nitrogen and oxygen atoms in total. The van der Waals surface area contributed by atoms with Crippen molar-refractivity contribution in [1.29, 1.82) is 5.26 Å². The molecule has 0 aliphatic heterocycles. The molecule has 0 aromatic carbocycles. The highest BCUT2D eigenvalue weighted by molar-refractivity contribution is 14.1. The van der Waals surface area contributed by atoms with E-state index in [0.29, 0.717) is 0 Å². The molecule has 9 heteroatoms. The fourth-order valence-electron chi connectivity index (χ4n) is 0.242. The minimum atomic E-state index is -5.40. The van der Waals surface area contributed by atoms with Crippen LogP contribution in [0.25, 0.3) is 0 Å². The van der Waals surface area contributed by atoms with Gasteiger partial charge < -0.3 is 0 Å². The molecule has 0 aromatic heterocycles. The zero-order valence-corrected chi connectivity index (χ0v) is 7.66. The van der Waals surface area contributed by atoms with Gasteiger partial charge in [0.2, 0.25) is 0 Å². The standard InChI is InChI=1S/C4F6INO/c5-2(6,1-12)13-4(9,10)3(7,8)11. The second-order valence-corrected chi connectivity index (χ2v) is 3.10. The number of rotatable bonds is 3. The van der Waals surface area contributed by atoms with Gasteiger partial charge in [0.1, 0.15) is 0 Å². The van der Waals surface area contributed by atoms with E-state index < -0.39 is 16.1 Å². The SMILES string of the molecule is N#CC(F)(F)OC(F)(F)C(F)(F)I. The third-order valence-electron chi connectivity index (χ3n) is 0.717. The maximum absolute atomic E-state index is 12.0. The minimum absolute atomic E-state index is 0.00271. The van der Waals surface area contributed by atoms with Crippen molar-refractivity contribution in [3.63, 3.8) is 0 Å². The normalized spacial score (nSPS) is 14.0. The zero-order chi connectivity index (χ0) is 10.9. The molecular formula is C4F6INO. The first-order valence-electron chi connectivity index (χ1n) is 2.45. The Kier molecular flexibility index (Phi) is 3.42. The molecule has 0 unspecified atom stereocenters. The van der Waals surface area contributed by atoms with Gasteiger partial charge in [0.25, 0.3) is 0 Å². The van der Waals surface area contributed by atoms with Crippen LogP contribution in [0.3, 0.4) is 0 Å². The molecule has 0 atom stereocenters. The molecule has 0 bridgehead atoms. The Morgan fingerprint density at radius 1 is 1.08 bits per heavy atom. The van der Waals surface area contributed by atoms with E-state index in [-0.39, 0.29) is 28.7 Å². The molecule has 76 valence electrons. The minimum Gasteiger partial charge on any atom is -0.237 e. The second-order valence-electron chi connectivity index (χ2n) is 1.75. The Bertz CT molecular complexity index is 230. The lowest BCUT2D eigenvalue weighted by Gasteiger charge is -2.22. The molecule has 0 saturated heterocycles. The quantitative estimate of drug-likeness (QED) is 0.455. The molecule has 0 aliphatic rings. The van der Waals surface area contributed by atoms with Crippen molar-refractivity contribution >= 4 is 22.6 Å². The van der Waals surface area contributed by atoms with Crippen molar-refractivity contribution in [3.8, 4) is 6.07 Å². The maximum atomic E-state index is 12.0. The van der Waals surface area contributed by atoms with Gasteiger partial charge in [-0.3, -0.25) is 0 Å². The van der Waals surface area contributed by atoms with E-state index in [1.165, 1.54) is 0 Å². The van der Waals surface area contributed by atoms with Gasteiger partial charge in [-0.15, -0.1) is 0 Å². The average molecular weight is 319 g/mol. The van der Waals surface area contributed by atoms with Gasteiger partial charge in [0, 0.05) is 22.6 Å². The summed E-state index contributed by atoms with van der Waals surface area (Å²) < 4.78 is 68.8. The summed E-state index contributed by atoms with van der Waals surface area (Å²) in [6.45, 7) is 0. The Balaban J connectivity index is 4.64. The van der Waals surface area contributed by atoms with Crippen LogP contribution in [0.1, 0.15) is 0 Å². The van der Waals surface area contributed by atoms with Gasteiger partial charge >= 0.3 is 16.1 Å². The van der Waals surface area contributed by atoms with Crippen molar-refractivity contribution < 1.29 is 31.1 Å². The van der Waals surface area contributed by atoms with Gasteiger partial charge in [-0.1, -0.05) is 0 Å². The van der Waals surface area contributed by atoms with E-state index in [2.05, 4.69) is 4.74 Å². The predicted octanol–water partition coefficient (Wildman–Crippen LogP) is 2.74. The summed E-state index contributed by atoms with van der Waals surface area (Å²) >= 11 is -0.0754. The lowest BCUT2D eigenvalue weighted by molar-refractivity contribution is -0.389. The number of ether oxygens (including phenoxy) is 1. The lowest BCUT2D eigenvalue weighted by atomic mass is 10.6. The Morgan fingerprint density at radius 2 is 1.46 bits per heavy atom. The van der Waals surface area contributed by atoms with E-state index in [1.807, 2.05) is 0 Å². The maximum Gasteiger partial charge on any atom is 0.453 e. The van der Waals surface area contributed by atoms with Crippen LogP contribution in [-0.2, 0) is 4.74 Å². The molecular weight excluding hydrogens is 319 g/mol. The first-order chi connectivity index (χ1) is 5.52.